The zero-order chi connectivity index (χ0) is 88.7. The number of nitrogens with one attached hydrogen (secondary N) is 2. The standard InChI is InChI=1S/C24H27ClN4O3S.C23H25ClN4O2S.C22H22ClN7S.C21H21ClN4O2S/c1-13-14(2)33-23-20(13)21(15-7-9-16(25)10-8-15)26-17(11-19(30)32-24(3,4)5)22-28-27-18(12-31-6)29(22)23;1-12-13(2)31-22-19(12)20(15-7-9-16(24)10-8-15)25-17(11-18(29)30-23(4,5)6)21-27-26-14(3)28(21)22;1-12-13(2)31-22-18(12)19(15-4-6-16(23)7-5-15)27-20(21-29-28-14(3)30(21)22)25-9-8-17-10-24-11-26-17;1-12-24-25-19-16(11-17(27)28-21(2,3)4)23-18(13-5-7-14(22)8-6-13)15-9-10-29-20(15)26(12)19/h7-10,17H,11-12H2,1-6H3;7-10,17H,11H2,1-6H3;4-7,10-11,20,25H,8-9H2,1-3H3,(H,24,26);5-10,16H,11H2,1-4H3/t17-;;;16-/m0..0/s1. The number of H-pyrrole nitrogens is 1. The number of rotatable bonds is 16. The number of carbonyl (C=O) groups excluding carboxylic acids is 3. The Labute approximate surface area is 755 Å². The number of hydrogen-bond acceptors (Lipinski definition) is 25. The molecule has 4 aliphatic rings. The Morgan fingerprint density at radius 3 is 1.17 bits per heavy atom. The van der Waals surface area contributed by atoms with Gasteiger partial charge in [-0.15, -0.1) is 86.1 Å². The highest BCUT2D eigenvalue weighted by Crippen LogP contribution is 2.45. The number of hydrogen-bond donors (Lipinski definition) is 2. The summed E-state index contributed by atoms with van der Waals surface area (Å²) in [5.74, 6) is 4.74. The van der Waals surface area contributed by atoms with Gasteiger partial charge in [0.1, 0.15) is 79.0 Å². The van der Waals surface area contributed by atoms with Crippen LogP contribution in [-0.2, 0) is 46.4 Å². The van der Waals surface area contributed by atoms with Crippen LogP contribution < -0.4 is 5.32 Å². The molecule has 4 aromatic carbocycles. The van der Waals surface area contributed by atoms with Gasteiger partial charge in [-0.2, -0.15) is 0 Å². The van der Waals surface area contributed by atoms with Crippen LogP contribution in [0.4, 0.5) is 0 Å². The first kappa shape index (κ1) is 89.9. The zero-order valence-corrected chi connectivity index (χ0v) is 78.5. The van der Waals surface area contributed by atoms with Gasteiger partial charge in [-0.3, -0.25) is 57.9 Å². The SMILES string of the molecule is COCc1nnc2n1-c1sc(C)c(C)c1C(c1ccc(Cl)cc1)=N[C@H]2CC(=O)OC(C)(C)C.Cc1nnc2n1-c1sccc1C(c1ccc(Cl)cc1)=N[C@H]2CC(=O)OC(C)(C)C.Cc1sc2c(c1C)C(c1ccc(Cl)cc1)=NC(CC(=O)OC(C)(C)C)c1nnc(C)n1-2.Cc1sc2c(c1C)C(c1ccc(Cl)cc1)=NC(NCCc1cnc[nH]1)c1nnc(C)n1-2. The molecule has 0 radical (unpaired) electrons. The van der Waals surface area contributed by atoms with E-state index in [0.717, 1.165) is 140 Å². The van der Waals surface area contributed by atoms with E-state index in [9.17, 15) is 14.4 Å². The van der Waals surface area contributed by atoms with E-state index < -0.39 is 34.9 Å². The smallest absolute Gasteiger partial charge is 0.308 e. The predicted molar refractivity (Wildman–Crippen MR) is 491 cm³/mol. The average molecular weight is 1820 g/mol. The molecule has 644 valence electrons. The Kier molecular flexibility index (Phi) is 26.9. The monoisotopic (exact) mass is 1820 g/mol. The number of carbonyl (C=O) groups is 3. The van der Waals surface area contributed by atoms with Gasteiger partial charge in [0.05, 0.1) is 48.4 Å². The molecule has 17 rings (SSSR count). The fraction of sp³-hybridized carbons (Fsp3) is 0.356. The minimum Gasteiger partial charge on any atom is -0.460 e. The second-order valence-corrected chi connectivity index (χ2v) is 39.4. The number of methoxy groups -OCH3 is 1. The van der Waals surface area contributed by atoms with Gasteiger partial charge in [0, 0.05) is 111 Å². The van der Waals surface area contributed by atoms with Gasteiger partial charge in [0.25, 0.3) is 0 Å². The summed E-state index contributed by atoms with van der Waals surface area (Å²) in [6, 6.07) is 31.1. The molecular formula is C90H95Cl4N19O7S4. The lowest BCUT2D eigenvalue weighted by atomic mass is 9.99. The number of aromatic amines is 1. The first-order chi connectivity index (χ1) is 58.9. The molecule has 13 aromatic rings. The summed E-state index contributed by atoms with van der Waals surface area (Å²) in [5.41, 5.74) is 14.2. The van der Waals surface area contributed by atoms with E-state index in [-0.39, 0.29) is 49.9 Å². The first-order valence-electron chi connectivity index (χ1n) is 40.2. The molecular weight excluding hydrogens is 1730 g/mol. The largest absolute Gasteiger partial charge is 0.460 e. The summed E-state index contributed by atoms with van der Waals surface area (Å²) in [5, 5.41) is 47.3. The minimum absolute atomic E-state index is 0.0481. The van der Waals surface area contributed by atoms with Crippen LogP contribution in [-0.4, -0.2) is 140 Å². The van der Waals surface area contributed by atoms with Crippen LogP contribution in [0.1, 0.15) is 234 Å². The summed E-state index contributed by atoms with van der Waals surface area (Å²) in [4.78, 5) is 69.3. The molecule has 2 unspecified atom stereocenters. The number of imidazole rings is 1. The van der Waals surface area contributed by atoms with Crippen molar-refractivity contribution in [2.24, 2.45) is 20.0 Å². The zero-order valence-electron chi connectivity index (χ0n) is 72.2. The number of aryl methyl sites for hydroxylation is 6. The number of halogens is 4. The third-order valence-corrected chi connectivity index (χ3v) is 25.9. The van der Waals surface area contributed by atoms with Crippen molar-refractivity contribution in [2.45, 2.75) is 198 Å². The van der Waals surface area contributed by atoms with Crippen LogP contribution in [0.3, 0.4) is 0 Å². The number of fused-ring (bicyclic) bond motifs is 12. The number of nitrogens with zero attached hydrogens (tertiary/aromatic N) is 17. The van der Waals surface area contributed by atoms with Crippen LogP contribution in [0.5, 0.6) is 0 Å². The normalized spacial score (nSPS) is 15.6. The van der Waals surface area contributed by atoms with Crippen LogP contribution in [0.2, 0.25) is 20.1 Å². The summed E-state index contributed by atoms with van der Waals surface area (Å²) in [7, 11) is 1.62. The van der Waals surface area contributed by atoms with E-state index >= 15 is 0 Å². The minimum atomic E-state index is -0.592. The summed E-state index contributed by atoms with van der Waals surface area (Å²) >= 11 is 31.2. The van der Waals surface area contributed by atoms with E-state index in [1.807, 2.05) is 211 Å². The number of ether oxygens (including phenoxy) is 4. The predicted octanol–water partition coefficient (Wildman–Crippen LogP) is 20.1. The molecule has 0 fully saturated rings. The topological polar surface area (TPSA) is 301 Å². The third kappa shape index (κ3) is 19.8. The van der Waals surface area contributed by atoms with Crippen molar-refractivity contribution in [3.05, 3.63) is 269 Å². The van der Waals surface area contributed by atoms with Gasteiger partial charge >= 0.3 is 17.9 Å². The van der Waals surface area contributed by atoms with Crippen molar-refractivity contribution in [3.63, 3.8) is 0 Å². The number of aromatic nitrogens is 14. The maximum Gasteiger partial charge on any atom is 0.308 e. The van der Waals surface area contributed by atoms with Crippen LogP contribution in [0, 0.1) is 62.3 Å². The molecule has 13 heterocycles. The number of benzene rings is 4. The van der Waals surface area contributed by atoms with Gasteiger partial charge in [0.2, 0.25) is 0 Å². The molecule has 0 saturated carbocycles. The highest BCUT2D eigenvalue weighted by Gasteiger charge is 2.39. The average Bonchev–Trinajstić information content (AvgIpc) is 1.60. The first-order valence-corrected chi connectivity index (χ1v) is 45.0. The van der Waals surface area contributed by atoms with Crippen molar-refractivity contribution in [1.82, 2.24) is 74.3 Å². The molecule has 124 heavy (non-hydrogen) atoms. The van der Waals surface area contributed by atoms with Crippen molar-refractivity contribution in [3.8, 4) is 20.0 Å². The molecule has 0 bridgehead atoms. The number of esters is 3. The Morgan fingerprint density at radius 1 is 0.435 bits per heavy atom. The quantitative estimate of drug-likeness (QED) is 0.0671. The van der Waals surface area contributed by atoms with E-state index in [2.05, 4.69) is 102 Å². The lowest BCUT2D eigenvalue weighted by Gasteiger charge is -2.21. The fourth-order valence-corrected chi connectivity index (χ4v) is 19.7. The third-order valence-electron chi connectivity index (χ3n) is 20.5. The lowest BCUT2D eigenvalue weighted by molar-refractivity contribution is -0.156. The Bertz CT molecular complexity index is 6260. The summed E-state index contributed by atoms with van der Waals surface area (Å²) in [6.45, 7) is 36.2. The Morgan fingerprint density at radius 2 is 0.782 bits per heavy atom. The molecule has 0 spiro atoms. The second-order valence-electron chi connectivity index (χ2n) is 33.1. The van der Waals surface area contributed by atoms with E-state index in [1.54, 1.807) is 58.8 Å². The van der Waals surface area contributed by atoms with Crippen LogP contribution in [0.25, 0.3) is 20.0 Å². The van der Waals surface area contributed by atoms with Crippen molar-refractivity contribution in [1.29, 1.82) is 0 Å². The molecule has 0 aliphatic carbocycles. The van der Waals surface area contributed by atoms with Crippen LogP contribution in [0.15, 0.2) is 141 Å². The number of aliphatic imine (C=N–C) groups is 4. The maximum atomic E-state index is 12.8. The molecule has 4 atom stereocenters. The van der Waals surface area contributed by atoms with E-state index in [0.29, 0.717) is 43.4 Å². The van der Waals surface area contributed by atoms with E-state index in [1.165, 1.54) is 20.2 Å². The summed E-state index contributed by atoms with van der Waals surface area (Å²) < 4.78 is 30.3. The molecule has 26 nitrogen and oxygen atoms in total. The highest BCUT2D eigenvalue weighted by atomic mass is 35.5. The van der Waals surface area contributed by atoms with Gasteiger partial charge in [-0.25, -0.2) is 4.98 Å². The fourth-order valence-electron chi connectivity index (χ4n) is 14.6. The van der Waals surface area contributed by atoms with E-state index in [4.69, 9.17) is 85.3 Å². The van der Waals surface area contributed by atoms with Gasteiger partial charge in [-0.05, 0) is 201 Å². The van der Waals surface area contributed by atoms with Gasteiger partial charge < -0.3 is 23.9 Å². The molecule has 34 heteroatoms. The molecule has 0 amide bonds. The Balaban J connectivity index is 0.000000135. The van der Waals surface area contributed by atoms with Gasteiger partial charge in [-0.1, -0.05) is 94.9 Å². The summed E-state index contributed by atoms with van der Waals surface area (Å²) in [6.07, 6.45) is 4.24. The Hall–Kier alpha value is -10.4. The highest BCUT2D eigenvalue weighted by molar-refractivity contribution is 7.16. The van der Waals surface area contributed by atoms with Crippen LogP contribution >= 0.6 is 91.8 Å². The molecule has 0 saturated heterocycles. The molecule has 4 aliphatic heterocycles. The second kappa shape index (κ2) is 37.0. The maximum absolute atomic E-state index is 12.8. The van der Waals surface area contributed by atoms with Crippen molar-refractivity contribution >= 4 is 133 Å². The molecule has 2 N–H and O–H groups in total. The van der Waals surface area contributed by atoms with Crippen molar-refractivity contribution in [2.75, 3.05) is 13.7 Å². The lowest BCUT2D eigenvalue weighted by Crippen LogP contribution is -2.25. The van der Waals surface area contributed by atoms with Gasteiger partial charge in [0.15, 0.2) is 35.3 Å². The van der Waals surface area contributed by atoms with Crippen molar-refractivity contribution < 1.29 is 33.3 Å². The molecule has 9 aromatic heterocycles. The number of thiophene rings is 4.